The fourth-order valence-corrected chi connectivity index (χ4v) is 15.7. The summed E-state index contributed by atoms with van der Waals surface area (Å²) in [7, 11) is -5.64. The smallest absolute Gasteiger partial charge is 0.331 e. The van der Waals surface area contributed by atoms with Crippen LogP contribution < -0.4 is 0 Å². The van der Waals surface area contributed by atoms with Crippen LogP contribution in [0.5, 0.6) is 0 Å². The highest BCUT2D eigenvalue weighted by atomic mass is 28.5. The summed E-state index contributed by atoms with van der Waals surface area (Å²) < 4.78 is 22.4. The summed E-state index contributed by atoms with van der Waals surface area (Å²) in [4.78, 5) is 22.6. The second kappa shape index (κ2) is 10.4. The van der Waals surface area contributed by atoms with Crippen LogP contribution in [0.3, 0.4) is 0 Å². The van der Waals surface area contributed by atoms with Gasteiger partial charge in [0.1, 0.15) is 0 Å². The molecule has 0 bridgehead atoms. The molecule has 0 aromatic rings. The summed E-state index contributed by atoms with van der Waals surface area (Å²) in [6.07, 6.45) is 2.90. The number of carbonyl (C=O) groups is 2. The average Bonchev–Trinajstić information content (AvgIpc) is 2.37. The van der Waals surface area contributed by atoms with Gasteiger partial charge >= 0.3 is 20.5 Å². The van der Waals surface area contributed by atoms with Crippen molar-refractivity contribution in [2.45, 2.75) is 65.2 Å². The Balaban J connectivity index is 4.22. The molecule has 0 atom stereocenters. The lowest BCUT2D eigenvalue weighted by molar-refractivity contribution is -0.140. The third-order valence-corrected chi connectivity index (χ3v) is 13.0. The van der Waals surface area contributed by atoms with Crippen LogP contribution in [0.2, 0.25) is 51.9 Å². The Hall–Kier alpha value is -0.749. The zero-order valence-electron chi connectivity index (χ0n) is 16.9. The number of rotatable bonds is 11. The Kier molecular flexibility index (Phi) is 10.1. The first-order chi connectivity index (χ1) is 11.3. The number of hydrogen-bond acceptors (Lipinski definition) is 6. The molecule has 0 radical (unpaired) electrons. The fourth-order valence-electron chi connectivity index (χ4n) is 2.52. The molecule has 0 N–H and O–H groups in total. The molecule has 0 aromatic heterocycles. The van der Waals surface area contributed by atoms with E-state index in [4.69, 9.17) is 17.7 Å². The number of carbonyl (C=O) groups excluding carboxylic acids is 2. The molecule has 0 unspecified atom stereocenters. The maximum Gasteiger partial charge on any atom is 0.331 e. The van der Waals surface area contributed by atoms with Gasteiger partial charge in [0.2, 0.25) is 0 Å². The zero-order chi connectivity index (χ0) is 19.7. The predicted octanol–water partition coefficient (Wildman–Crippen LogP) is 3.81. The van der Waals surface area contributed by atoms with E-state index < -0.39 is 37.1 Å². The van der Waals surface area contributed by atoms with Gasteiger partial charge in [0.05, 0.1) is 13.2 Å². The summed E-state index contributed by atoms with van der Waals surface area (Å²) in [6, 6.07) is 0.882. The second-order valence-corrected chi connectivity index (χ2v) is 20.5. The van der Waals surface area contributed by atoms with Gasteiger partial charge in [-0.1, -0.05) is 0 Å². The minimum atomic E-state index is -2.14. The van der Waals surface area contributed by atoms with Crippen LogP contribution in [0, 0.1) is 0 Å². The normalized spacial score (nSPS) is 13.1. The zero-order valence-corrected chi connectivity index (χ0v) is 19.9. The molecule has 0 saturated heterocycles. The van der Waals surface area contributed by atoms with E-state index in [0.717, 1.165) is 24.6 Å². The molecule has 146 valence electrons. The van der Waals surface area contributed by atoms with Gasteiger partial charge < -0.3 is 17.7 Å². The Morgan fingerprint density at radius 3 is 1.84 bits per heavy atom. The monoisotopic (exact) mass is 406 g/mol. The molecule has 6 nitrogen and oxygen atoms in total. The maximum absolute atomic E-state index is 11.5. The van der Waals surface area contributed by atoms with E-state index in [0.29, 0.717) is 6.61 Å². The van der Waals surface area contributed by atoms with Gasteiger partial charge in [-0.3, -0.25) is 0 Å². The van der Waals surface area contributed by atoms with Gasteiger partial charge in [-0.15, -0.1) is 0 Å². The van der Waals surface area contributed by atoms with E-state index in [9.17, 15) is 9.59 Å². The van der Waals surface area contributed by atoms with Crippen molar-refractivity contribution in [1.29, 1.82) is 0 Å². The third kappa shape index (κ3) is 14.1. The number of hydrogen-bond donors (Lipinski definition) is 0. The first-order valence-electron chi connectivity index (χ1n) is 8.68. The van der Waals surface area contributed by atoms with Crippen LogP contribution in [0.15, 0.2) is 12.2 Å². The summed E-state index contributed by atoms with van der Waals surface area (Å²) in [6.45, 7) is 17.3. The summed E-state index contributed by atoms with van der Waals surface area (Å²) >= 11 is 0. The highest BCUT2D eigenvalue weighted by Crippen LogP contribution is 2.23. The maximum atomic E-state index is 11.5. The molecule has 9 heteroatoms. The van der Waals surface area contributed by atoms with E-state index in [1.807, 2.05) is 0 Å². The molecule has 25 heavy (non-hydrogen) atoms. The van der Waals surface area contributed by atoms with Crippen molar-refractivity contribution in [2.75, 3.05) is 13.2 Å². The molecule has 0 saturated carbocycles. The van der Waals surface area contributed by atoms with Crippen molar-refractivity contribution in [3.05, 3.63) is 12.2 Å². The minimum Gasteiger partial charge on any atom is -0.463 e. The fraction of sp³-hybridized carbons (Fsp3) is 0.750. The number of ether oxygens (including phenoxy) is 2. The number of esters is 2. The second-order valence-electron chi connectivity index (χ2n) is 7.83. The van der Waals surface area contributed by atoms with Gasteiger partial charge in [-0.05, 0) is 65.2 Å². The molecule has 0 fully saturated rings. The van der Waals surface area contributed by atoms with Crippen LogP contribution >= 0.6 is 0 Å². The lowest BCUT2D eigenvalue weighted by Crippen LogP contribution is -2.51. The summed E-state index contributed by atoms with van der Waals surface area (Å²) in [5.41, 5.74) is 0. The average molecular weight is 407 g/mol. The summed E-state index contributed by atoms with van der Waals surface area (Å²) in [5, 5.41) is 0. The lowest BCUT2D eigenvalue weighted by atomic mass is 10.5. The van der Waals surface area contributed by atoms with Crippen LogP contribution in [0.25, 0.3) is 0 Å². The Morgan fingerprint density at radius 2 is 1.36 bits per heavy atom. The van der Waals surface area contributed by atoms with Crippen molar-refractivity contribution in [1.82, 2.24) is 0 Å². The van der Waals surface area contributed by atoms with Crippen molar-refractivity contribution < 1.29 is 27.3 Å². The topological polar surface area (TPSA) is 71.1 Å². The molecular formula is C16H34O6Si3. The molecule has 0 aliphatic carbocycles. The van der Waals surface area contributed by atoms with E-state index in [-0.39, 0.29) is 6.61 Å². The van der Waals surface area contributed by atoms with Crippen molar-refractivity contribution in [3.8, 4) is 0 Å². The van der Waals surface area contributed by atoms with Gasteiger partial charge in [-0.25, -0.2) is 9.59 Å². The highest BCUT2D eigenvalue weighted by Gasteiger charge is 2.37. The van der Waals surface area contributed by atoms with Gasteiger partial charge in [0, 0.05) is 12.2 Å². The molecule has 0 aromatic carbocycles. The standard InChI is InChI=1S/C16H34O6Si3/c1-9-19-15(17)11-12-16(18)20-13-10-14-24(5,6)22-25(7,8)21-23(2,3)4/h11-12H,9-10,13-14H2,1-8H3/b12-11+. The molecule has 0 heterocycles. The molecule has 0 amide bonds. The van der Waals surface area contributed by atoms with Crippen LogP contribution in [-0.4, -0.2) is 50.3 Å². The van der Waals surface area contributed by atoms with Gasteiger partial charge in [0.15, 0.2) is 16.6 Å². The van der Waals surface area contributed by atoms with E-state index in [1.54, 1.807) is 6.92 Å². The van der Waals surface area contributed by atoms with E-state index in [1.165, 1.54) is 0 Å². The van der Waals surface area contributed by atoms with Crippen LogP contribution in [0.1, 0.15) is 13.3 Å². The van der Waals surface area contributed by atoms with E-state index >= 15 is 0 Å². The van der Waals surface area contributed by atoms with Crippen LogP contribution in [-0.2, 0) is 27.3 Å². The van der Waals surface area contributed by atoms with Crippen molar-refractivity contribution in [3.63, 3.8) is 0 Å². The molecular weight excluding hydrogens is 372 g/mol. The van der Waals surface area contributed by atoms with Crippen molar-refractivity contribution in [2.24, 2.45) is 0 Å². The SMILES string of the molecule is CCOC(=O)/C=C/C(=O)OCCC[Si](C)(C)O[Si](C)(C)O[Si](C)(C)C. The Labute approximate surface area is 155 Å². The predicted molar refractivity (Wildman–Crippen MR) is 107 cm³/mol. The lowest BCUT2D eigenvalue weighted by Gasteiger charge is -2.37. The van der Waals surface area contributed by atoms with Crippen molar-refractivity contribution >= 4 is 37.1 Å². The first-order valence-corrected chi connectivity index (χ1v) is 18.0. The quantitative estimate of drug-likeness (QED) is 0.225. The van der Waals surface area contributed by atoms with Gasteiger partial charge in [0.25, 0.3) is 0 Å². The minimum absolute atomic E-state index is 0.277. The third-order valence-electron chi connectivity index (χ3n) is 2.88. The molecule has 0 spiro atoms. The molecule has 0 rings (SSSR count). The molecule has 0 aliphatic rings. The first kappa shape index (κ1) is 24.3. The Morgan fingerprint density at radius 1 is 0.840 bits per heavy atom. The Bertz CT molecular complexity index is 469. The highest BCUT2D eigenvalue weighted by molar-refractivity contribution is 6.87. The molecule has 0 aliphatic heterocycles. The summed E-state index contributed by atoms with van der Waals surface area (Å²) in [5.74, 6) is -1.08. The van der Waals surface area contributed by atoms with E-state index in [2.05, 4.69) is 45.8 Å². The van der Waals surface area contributed by atoms with Gasteiger partial charge in [-0.2, -0.15) is 0 Å². The largest absolute Gasteiger partial charge is 0.463 e. The van der Waals surface area contributed by atoms with Crippen LogP contribution in [0.4, 0.5) is 0 Å².